The zero-order valence-corrected chi connectivity index (χ0v) is 82.7. The fourth-order valence-electron chi connectivity index (χ4n) is 12.2. The average Bonchev–Trinajstić information content (AvgIpc) is 0.884. The number of benzene rings is 7. The molecule has 1 aliphatic heterocycles. The Bertz CT molecular complexity index is 4220. The summed E-state index contributed by atoms with van der Waals surface area (Å²) in [5.41, 5.74) is 11.8. The number of rotatable bonds is 40. The molecule has 0 unspecified atom stereocenters. The molecule has 0 atom stereocenters. The molecule has 1 fully saturated rings. The van der Waals surface area contributed by atoms with Crippen LogP contribution in [0.4, 0.5) is 93.3 Å². The predicted molar refractivity (Wildman–Crippen MR) is 560 cm³/mol. The van der Waals surface area contributed by atoms with E-state index in [-0.39, 0.29) is 50.6 Å². The molecule has 0 bridgehead atoms. The van der Waals surface area contributed by atoms with E-state index < -0.39 is 0 Å². The highest BCUT2D eigenvalue weighted by Gasteiger charge is 2.24. The third-order valence-electron chi connectivity index (χ3n) is 20.6. The van der Waals surface area contributed by atoms with Crippen LogP contribution in [0, 0.1) is 27.7 Å². The van der Waals surface area contributed by atoms with Crippen molar-refractivity contribution in [1.82, 2.24) is 65.1 Å². The van der Waals surface area contributed by atoms with Gasteiger partial charge in [-0.05, 0) is 248 Å². The number of nitrogens with one attached hydrogen (secondary N) is 2. The minimum Gasteiger partial charge on any atom is -0.508 e. The van der Waals surface area contributed by atoms with Crippen molar-refractivity contribution in [2.24, 2.45) is 0 Å². The highest BCUT2D eigenvalue weighted by Crippen LogP contribution is 2.34. The van der Waals surface area contributed by atoms with Crippen molar-refractivity contribution in [3.05, 3.63) is 208 Å². The van der Waals surface area contributed by atoms with Crippen LogP contribution in [0.25, 0.3) is 0 Å². The molecule has 11 aromatic rings. The monoisotopic (exact) mass is 1870 g/mol. The van der Waals surface area contributed by atoms with Crippen molar-refractivity contribution in [3.63, 3.8) is 0 Å². The van der Waals surface area contributed by atoms with Gasteiger partial charge in [0.2, 0.25) is 69.4 Å². The molecule has 27 nitrogen and oxygen atoms in total. The Labute approximate surface area is 806 Å². The third-order valence-corrected chi connectivity index (χ3v) is 21.1. The summed E-state index contributed by atoms with van der Waals surface area (Å²) in [4.78, 5) is 73.0. The molecule has 0 spiro atoms. The Hall–Kier alpha value is -11.2. The van der Waals surface area contributed by atoms with Crippen LogP contribution >= 0.6 is 34.8 Å². The molecule has 3 radical (unpaired) electrons. The number of aromatic hydroxyl groups is 3. The lowest BCUT2D eigenvalue weighted by atomic mass is 10.2. The van der Waals surface area contributed by atoms with Crippen LogP contribution in [0.3, 0.4) is 0 Å². The molecular formula is C101H150BCl3N23O4. The smallest absolute Gasteiger partial charge is 0.236 e. The first-order chi connectivity index (χ1) is 62.2. The Morgan fingerprint density at radius 3 is 0.629 bits per heavy atom. The van der Waals surface area contributed by atoms with Crippen LogP contribution < -0.4 is 54.7 Å². The van der Waals surface area contributed by atoms with E-state index in [1.54, 1.807) is 36.4 Å². The van der Waals surface area contributed by atoms with Gasteiger partial charge in [-0.25, -0.2) is 0 Å². The topological polar surface area (TPSA) is 281 Å². The van der Waals surface area contributed by atoms with Crippen LogP contribution in [0.2, 0.25) is 15.9 Å². The van der Waals surface area contributed by atoms with Gasteiger partial charge in [-0.1, -0.05) is 192 Å². The second-order valence-corrected chi connectivity index (χ2v) is 32.5. The quantitative estimate of drug-likeness (QED) is 0.0103. The molecule has 0 amide bonds. The minimum absolute atomic E-state index is 0. The maximum Gasteiger partial charge on any atom is 0.236 e. The second kappa shape index (κ2) is 63.8. The summed E-state index contributed by atoms with van der Waals surface area (Å²) >= 11 is 16.0. The van der Waals surface area contributed by atoms with Crippen molar-refractivity contribution in [1.29, 1.82) is 0 Å². The summed E-state index contributed by atoms with van der Waals surface area (Å²) in [6, 6.07) is 54.6. The van der Waals surface area contributed by atoms with E-state index in [1.807, 2.05) is 115 Å². The van der Waals surface area contributed by atoms with Crippen LogP contribution in [0.5, 0.6) is 17.2 Å². The largest absolute Gasteiger partial charge is 0.508 e. The number of ether oxygens (including phenoxy) is 1. The summed E-state index contributed by atoms with van der Waals surface area (Å²) in [5, 5.41) is 34.5. The van der Waals surface area contributed by atoms with E-state index in [0.29, 0.717) is 47.4 Å². The number of halogens is 3. The number of hydrogen-bond acceptors (Lipinski definition) is 27. The number of epoxide rings is 1. The van der Waals surface area contributed by atoms with Crippen LogP contribution in [0.15, 0.2) is 170 Å². The van der Waals surface area contributed by atoms with Gasteiger partial charge >= 0.3 is 0 Å². The SMILES string of the molecule is C.C.C1CO1.CCCCN(CCCC)c1nc(N(C)c2ccc(C)cc2)nc(N(C)c2ccc(C)cc2)n1.CCCCN(CCCC)c1nc(N(C)c2ccc(C)cc2)nc(N(C)c2ccc(C)cc2)n1.CCCCN(CCCC)c1nc(N(C)c2ccc(O)cc2)nc(N(C)c2ccc(O)cc2)n1.CCCCNCCCC.CNc1ccc(O)cc1.Clc1nc(Cl)nc(Cl)n1.[B]. The van der Waals surface area contributed by atoms with Crippen LogP contribution in [-0.4, -0.2) is 198 Å². The Kier molecular flexibility index (Phi) is 55.6. The van der Waals surface area contributed by atoms with Gasteiger partial charge in [0.25, 0.3) is 0 Å². The van der Waals surface area contributed by atoms with E-state index in [4.69, 9.17) is 84.8 Å². The highest BCUT2D eigenvalue weighted by molar-refractivity contribution is 6.33. The maximum atomic E-state index is 9.66. The Morgan fingerprint density at radius 1 is 0.280 bits per heavy atom. The fourth-order valence-corrected chi connectivity index (χ4v) is 12.8. The van der Waals surface area contributed by atoms with Gasteiger partial charge in [0.1, 0.15) is 17.2 Å². The molecule has 5 N–H and O–H groups in total. The average molecular weight is 1870 g/mol. The first-order valence-corrected chi connectivity index (χ1v) is 46.6. The van der Waals surface area contributed by atoms with E-state index >= 15 is 0 Å². The maximum absolute atomic E-state index is 9.66. The summed E-state index contributed by atoms with van der Waals surface area (Å²) in [6.45, 7) is 36.0. The number of nitrogens with zero attached hydrogens (tertiary/aromatic N) is 21. The standard InChI is InChI=1S/2C27H38N6.C25H34N6O2.C8H19N.C7H9NO.C3Cl3N3.C2H4O.2CH4.B/c2*1-7-9-19-33(20-10-8-2)27-29-25(31(5)23-15-11-21(3)12-16-23)28-26(30-27)32(6)24-17-13-22(4)14-18-24;1-5-7-17-31(18-8-6-2)25-27-23(29(3)19-9-13-21(32)14-10-19)26-24(28-25)30(4)20-11-15-22(33)16-12-20;1-3-5-7-9-8-6-4-2;1-8-6-2-4-7(9)5-3-6;4-1-7-2(5)9-3(6)8-1;1-2-3-1;;;/h2*11-18H,7-10,19-20H2,1-6H3;9-16,32-33H,5-8,17-18H2,1-4H3;9H,3-8H2,1-2H3;2-5,8-9H,1H3;;1-2H2;2*1H4;. The molecule has 1 saturated heterocycles. The molecule has 31 heteroatoms. The lowest BCUT2D eigenvalue weighted by molar-refractivity contribution is 0.475. The zero-order valence-electron chi connectivity index (χ0n) is 80.4. The van der Waals surface area contributed by atoms with Gasteiger partial charge in [0.05, 0.1) is 13.2 Å². The molecular weight excluding hydrogens is 1720 g/mol. The molecule has 1 aliphatic rings. The molecule has 717 valence electrons. The molecule has 12 rings (SSSR count). The molecule has 0 aliphatic carbocycles. The summed E-state index contributed by atoms with van der Waals surface area (Å²) in [6.07, 6.45) is 18.6. The normalized spacial score (nSPS) is 10.6. The number of hydrogen-bond donors (Lipinski definition) is 5. The van der Waals surface area contributed by atoms with E-state index in [2.05, 4.69) is 225 Å². The van der Waals surface area contributed by atoms with Crippen LogP contribution in [-0.2, 0) is 4.74 Å². The highest BCUT2D eigenvalue weighted by atomic mass is 35.5. The van der Waals surface area contributed by atoms with Crippen LogP contribution in [0.1, 0.15) is 195 Å². The van der Waals surface area contributed by atoms with Gasteiger partial charge in [0, 0.05) is 137 Å². The number of phenolic OH excluding ortho intramolecular Hbond substituents is 3. The predicted octanol–water partition coefficient (Wildman–Crippen LogP) is 24.4. The summed E-state index contributed by atoms with van der Waals surface area (Å²) in [7, 11) is 13.7. The van der Waals surface area contributed by atoms with Gasteiger partial charge in [-0.15, -0.1) is 0 Å². The first kappa shape index (κ1) is 115. The van der Waals surface area contributed by atoms with E-state index in [9.17, 15) is 10.2 Å². The molecule has 0 saturated carbocycles. The zero-order chi connectivity index (χ0) is 94.0. The van der Waals surface area contributed by atoms with E-state index in [0.717, 1.165) is 181 Å². The lowest BCUT2D eigenvalue weighted by Gasteiger charge is -2.27. The van der Waals surface area contributed by atoms with Crippen molar-refractivity contribution >= 4 is 137 Å². The molecule has 4 aromatic heterocycles. The molecule has 132 heavy (non-hydrogen) atoms. The number of aryl methyl sites for hydroxylation is 4. The fraction of sp³-hybridized carbons (Fsp3) is 0.465. The Morgan fingerprint density at radius 2 is 0.455 bits per heavy atom. The lowest BCUT2D eigenvalue weighted by Crippen LogP contribution is -2.29. The first-order valence-electron chi connectivity index (χ1n) is 45.5. The van der Waals surface area contributed by atoms with Gasteiger partial charge in [0.15, 0.2) is 0 Å². The van der Waals surface area contributed by atoms with Crippen molar-refractivity contribution < 1.29 is 20.1 Å². The van der Waals surface area contributed by atoms with Gasteiger partial charge in [-0.3, -0.25) is 0 Å². The number of unbranched alkanes of at least 4 members (excludes halogenated alkanes) is 8. The molecule has 7 aromatic carbocycles. The van der Waals surface area contributed by atoms with Crippen molar-refractivity contribution in [2.75, 3.05) is 164 Å². The number of anilines is 16. The third kappa shape index (κ3) is 41.3. The summed E-state index contributed by atoms with van der Waals surface area (Å²) in [5.74, 6) is 6.49. The minimum atomic E-state index is 0. The van der Waals surface area contributed by atoms with E-state index in [1.165, 1.54) is 61.0 Å². The number of aromatic nitrogens is 12. The summed E-state index contributed by atoms with van der Waals surface area (Å²) < 4.78 is 4.50. The van der Waals surface area contributed by atoms with Crippen molar-refractivity contribution in [2.45, 2.75) is 201 Å². The van der Waals surface area contributed by atoms with Gasteiger partial charge in [-0.2, -0.15) is 59.8 Å². The second-order valence-electron chi connectivity index (χ2n) is 31.5. The number of phenols is 3. The van der Waals surface area contributed by atoms with Gasteiger partial charge < -0.3 is 74.8 Å². The van der Waals surface area contributed by atoms with Crippen molar-refractivity contribution in [3.8, 4) is 17.2 Å². The molecule has 5 heterocycles. The Balaban J connectivity index is 0.000000434.